The first-order valence-corrected chi connectivity index (χ1v) is 11.1. The Morgan fingerprint density at radius 3 is 2.44 bits per heavy atom. The maximum atomic E-state index is 12.2. The number of alkyl halides is 1. The Bertz CT molecular complexity index is 858. The molecule has 0 radical (unpaired) electrons. The van der Waals surface area contributed by atoms with Crippen LogP contribution in [0.2, 0.25) is 0 Å². The number of carbonyl (C=O) groups excluding carboxylic acids is 2. The molecule has 2 rings (SSSR count). The van der Waals surface area contributed by atoms with E-state index in [9.17, 15) is 9.59 Å². The van der Waals surface area contributed by atoms with Gasteiger partial charge in [0.25, 0.3) is 5.91 Å². The predicted octanol–water partition coefficient (Wildman–Crippen LogP) is 2.46. The van der Waals surface area contributed by atoms with Crippen molar-refractivity contribution in [1.29, 1.82) is 0 Å². The molecule has 0 atom stereocenters. The third kappa shape index (κ3) is 8.86. The number of carbonyl (C=O) groups is 2. The van der Waals surface area contributed by atoms with Gasteiger partial charge in [0.15, 0.2) is 0 Å². The van der Waals surface area contributed by atoms with Crippen molar-refractivity contribution in [2.45, 2.75) is 25.8 Å². The summed E-state index contributed by atoms with van der Waals surface area (Å²) in [6.45, 7) is 1.10. The van der Waals surface area contributed by atoms with Crippen LogP contribution in [0.1, 0.15) is 33.5 Å². The van der Waals surface area contributed by atoms with Gasteiger partial charge in [-0.2, -0.15) is 0 Å². The van der Waals surface area contributed by atoms with Crippen LogP contribution in [0.3, 0.4) is 0 Å². The summed E-state index contributed by atoms with van der Waals surface area (Å²) in [5.74, 6) is 0.872. The van der Waals surface area contributed by atoms with Gasteiger partial charge in [-0.15, -0.1) is 11.6 Å². The number of hydrogen-bond donors (Lipinski definition) is 3. The SMILES string of the molecule is COc1cc(CCCCl)ccc1CCOCCNC(=O)c1ccc(CNC(=O)CO)cc1. The van der Waals surface area contributed by atoms with Crippen LogP contribution in [0, 0.1) is 0 Å². The van der Waals surface area contributed by atoms with Gasteiger partial charge in [-0.05, 0) is 54.2 Å². The zero-order chi connectivity index (χ0) is 23.2. The topological polar surface area (TPSA) is 96.9 Å². The van der Waals surface area contributed by atoms with Crippen LogP contribution in [0.15, 0.2) is 42.5 Å². The summed E-state index contributed by atoms with van der Waals surface area (Å²) in [7, 11) is 1.66. The van der Waals surface area contributed by atoms with Gasteiger partial charge in [0.05, 0.1) is 20.3 Å². The van der Waals surface area contributed by atoms with Gasteiger partial charge in [0, 0.05) is 24.5 Å². The largest absolute Gasteiger partial charge is 0.496 e. The molecular weight excluding hydrogens is 432 g/mol. The number of ether oxygens (including phenoxy) is 2. The highest BCUT2D eigenvalue weighted by Crippen LogP contribution is 2.21. The average Bonchev–Trinajstić information content (AvgIpc) is 2.83. The van der Waals surface area contributed by atoms with Crippen molar-refractivity contribution in [3.8, 4) is 5.75 Å². The molecule has 174 valence electrons. The molecule has 0 aliphatic rings. The highest BCUT2D eigenvalue weighted by molar-refractivity contribution is 6.17. The van der Waals surface area contributed by atoms with Gasteiger partial charge in [-0.25, -0.2) is 0 Å². The Balaban J connectivity index is 1.67. The quantitative estimate of drug-likeness (QED) is 0.296. The van der Waals surface area contributed by atoms with Crippen LogP contribution in [-0.2, 0) is 28.9 Å². The molecule has 0 saturated heterocycles. The zero-order valence-corrected chi connectivity index (χ0v) is 19.1. The lowest BCUT2D eigenvalue weighted by Crippen LogP contribution is -2.27. The van der Waals surface area contributed by atoms with E-state index in [1.54, 1.807) is 31.4 Å². The lowest BCUT2D eigenvalue weighted by Gasteiger charge is -2.11. The van der Waals surface area contributed by atoms with Crippen molar-refractivity contribution >= 4 is 23.4 Å². The number of amides is 2. The van der Waals surface area contributed by atoms with Crippen LogP contribution < -0.4 is 15.4 Å². The number of aliphatic hydroxyl groups excluding tert-OH is 1. The Kier molecular flexibility index (Phi) is 11.6. The fourth-order valence-electron chi connectivity index (χ4n) is 3.08. The Morgan fingerprint density at radius 1 is 1.00 bits per heavy atom. The second-order valence-electron chi connectivity index (χ2n) is 7.19. The lowest BCUT2D eigenvalue weighted by atomic mass is 10.0. The summed E-state index contributed by atoms with van der Waals surface area (Å²) in [5.41, 5.74) is 3.66. The van der Waals surface area contributed by atoms with E-state index in [-0.39, 0.29) is 5.91 Å². The lowest BCUT2D eigenvalue weighted by molar-refractivity contribution is -0.123. The molecule has 7 nitrogen and oxygen atoms in total. The number of aryl methyl sites for hydroxylation is 1. The summed E-state index contributed by atoms with van der Waals surface area (Å²) >= 11 is 5.76. The van der Waals surface area contributed by atoms with E-state index < -0.39 is 12.5 Å². The highest BCUT2D eigenvalue weighted by Gasteiger charge is 2.07. The third-order valence-corrected chi connectivity index (χ3v) is 5.11. The Hall–Kier alpha value is -2.61. The first-order chi connectivity index (χ1) is 15.6. The maximum absolute atomic E-state index is 12.2. The predicted molar refractivity (Wildman–Crippen MR) is 124 cm³/mol. The molecular formula is C24H31ClN2O5. The molecule has 2 aromatic carbocycles. The maximum Gasteiger partial charge on any atom is 0.251 e. The highest BCUT2D eigenvalue weighted by atomic mass is 35.5. The molecule has 32 heavy (non-hydrogen) atoms. The summed E-state index contributed by atoms with van der Waals surface area (Å²) in [6, 6.07) is 13.1. The van der Waals surface area contributed by atoms with Crippen molar-refractivity contribution in [2.75, 3.05) is 39.4 Å². The van der Waals surface area contributed by atoms with Gasteiger partial charge in [-0.3, -0.25) is 9.59 Å². The minimum Gasteiger partial charge on any atom is -0.496 e. The molecule has 0 spiro atoms. The molecule has 0 fully saturated rings. The Morgan fingerprint density at radius 2 is 1.75 bits per heavy atom. The number of aliphatic hydroxyl groups is 1. The number of nitrogens with one attached hydrogen (secondary N) is 2. The van der Waals surface area contributed by atoms with E-state index in [0.29, 0.717) is 37.7 Å². The monoisotopic (exact) mass is 462 g/mol. The molecule has 3 N–H and O–H groups in total. The van der Waals surface area contributed by atoms with Crippen LogP contribution in [-0.4, -0.2) is 56.3 Å². The van der Waals surface area contributed by atoms with Crippen molar-refractivity contribution in [1.82, 2.24) is 10.6 Å². The smallest absolute Gasteiger partial charge is 0.251 e. The van der Waals surface area contributed by atoms with E-state index in [4.69, 9.17) is 26.2 Å². The zero-order valence-electron chi connectivity index (χ0n) is 18.4. The van der Waals surface area contributed by atoms with Gasteiger partial charge in [0.2, 0.25) is 5.91 Å². The minimum atomic E-state index is -0.544. The van der Waals surface area contributed by atoms with Crippen molar-refractivity contribution in [2.24, 2.45) is 0 Å². The van der Waals surface area contributed by atoms with Gasteiger partial charge >= 0.3 is 0 Å². The normalized spacial score (nSPS) is 10.6. The molecule has 2 amide bonds. The van der Waals surface area contributed by atoms with E-state index in [1.807, 2.05) is 6.07 Å². The molecule has 0 unspecified atom stereocenters. The number of halogens is 1. The standard InChI is InChI=1S/C24H31ClN2O5/c1-31-22-15-18(3-2-11-25)4-7-20(22)10-13-32-14-12-26-24(30)21-8-5-19(6-9-21)16-27-23(29)17-28/h4-9,15,28H,2-3,10-14,16-17H2,1H3,(H,26,30)(H,27,29). The fourth-order valence-corrected chi connectivity index (χ4v) is 3.21. The first kappa shape index (κ1) is 25.6. The van der Waals surface area contributed by atoms with Gasteiger partial charge in [-0.1, -0.05) is 24.3 Å². The van der Waals surface area contributed by atoms with Gasteiger partial charge in [0.1, 0.15) is 12.4 Å². The fraction of sp³-hybridized carbons (Fsp3) is 0.417. The third-order valence-electron chi connectivity index (χ3n) is 4.85. The number of rotatable bonds is 14. The van der Waals surface area contributed by atoms with Crippen LogP contribution in [0.5, 0.6) is 5.75 Å². The van der Waals surface area contributed by atoms with Crippen LogP contribution >= 0.6 is 11.6 Å². The molecule has 0 heterocycles. The summed E-state index contributed by atoms with van der Waals surface area (Å²) in [6.07, 6.45) is 2.59. The van der Waals surface area contributed by atoms with E-state index in [2.05, 4.69) is 22.8 Å². The van der Waals surface area contributed by atoms with Gasteiger partial charge < -0.3 is 25.2 Å². The molecule has 0 bridgehead atoms. The average molecular weight is 463 g/mol. The van der Waals surface area contributed by atoms with E-state index in [0.717, 1.165) is 36.1 Å². The molecule has 0 aliphatic carbocycles. The summed E-state index contributed by atoms with van der Waals surface area (Å²) in [5, 5.41) is 14.1. The second kappa shape index (κ2) is 14.5. The van der Waals surface area contributed by atoms with Crippen molar-refractivity contribution < 1.29 is 24.2 Å². The second-order valence-corrected chi connectivity index (χ2v) is 7.57. The van der Waals surface area contributed by atoms with Crippen LogP contribution in [0.25, 0.3) is 0 Å². The Labute approximate surface area is 194 Å². The van der Waals surface area contributed by atoms with Crippen molar-refractivity contribution in [3.05, 3.63) is 64.7 Å². The molecule has 0 aromatic heterocycles. The molecule has 2 aromatic rings. The number of methoxy groups -OCH3 is 1. The molecule has 0 saturated carbocycles. The summed E-state index contributed by atoms with van der Waals surface area (Å²) < 4.78 is 11.1. The minimum absolute atomic E-state index is 0.186. The van der Waals surface area contributed by atoms with Crippen LogP contribution in [0.4, 0.5) is 0 Å². The first-order valence-electron chi connectivity index (χ1n) is 10.6. The number of hydrogen-bond acceptors (Lipinski definition) is 5. The van der Waals surface area contributed by atoms with E-state index in [1.165, 1.54) is 5.56 Å². The summed E-state index contributed by atoms with van der Waals surface area (Å²) in [4.78, 5) is 23.3. The van der Waals surface area contributed by atoms with Crippen molar-refractivity contribution in [3.63, 3.8) is 0 Å². The van der Waals surface area contributed by atoms with E-state index >= 15 is 0 Å². The molecule has 8 heteroatoms. The number of benzene rings is 2. The molecule has 0 aliphatic heterocycles.